The predicted octanol–water partition coefficient (Wildman–Crippen LogP) is 2.24. The Balaban J connectivity index is 2.90. The number of nitrogens with zero attached hydrogens (tertiary/aromatic N) is 1. The summed E-state index contributed by atoms with van der Waals surface area (Å²) in [5.41, 5.74) is -0.0117. The highest BCUT2D eigenvalue weighted by Crippen LogP contribution is 2.27. The Morgan fingerprint density at radius 3 is 2.82 bits per heavy atom. The van der Waals surface area contributed by atoms with Crippen LogP contribution in [0, 0.1) is 10.1 Å². The molecule has 0 aliphatic rings. The fraction of sp³-hybridized carbons (Fsp3) is 0.300. The monoisotopic (exact) mass is 259 g/mol. The maximum Gasteiger partial charge on any atom is 0.332 e. The zero-order valence-corrected chi connectivity index (χ0v) is 9.68. The molecule has 7 heteroatoms. The highest BCUT2D eigenvalue weighted by molar-refractivity contribution is 6.31. The van der Waals surface area contributed by atoms with Gasteiger partial charge in [-0.2, -0.15) is 0 Å². The van der Waals surface area contributed by atoms with Crippen LogP contribution in [0.25, 0.3) is 0 Å². The summed E-state index contributed by atoms with van der Waals surface area (Å²) < 4.78 is 4.97. The van der Waals surface area contributed by atoms with Gasteiger partial charge in [-0.05, 0) is 13.0 Å². The van der Waals surface area contributed by atoms with Gasteiger partial charge in [-0.15, -0.1) is 0 Å². The van der Waals surface area contributed by atoms with Crippen LogP contribution in [0.2, 0.25) is 5.02 Å². The molecule has 1 aromatic rings. The van der Waals surface area contributed by atoms with E-state index in [1.54, 1.807) is 0 Å². The number of halogens is 1. The Hall–Kier alpha value is -1.66. The summed E-state index contributed by atoms with van der Waals surface area (Å²) in [5.74, 6) is -1.14. The SMILES string of the molecule is CC(OCc1c(Cl)cccc1[N+](=O)[O-])C(=O)O. The van der Waals surface area contributed by atoms with Gasteiger partial charge in [-0.3, -0.25) is 10.1 Å². The topological polar surface area (TPSA) is 89.7 Å². The summed E-state index contributed by atoms with van der Waals surface area (Å²) >= 11 is 5.80. The van der Waals surface area contributed by atoms with Gasteiger partial charge in [0, 0.05) is 6.07 Å². The first-order chi connectivity index (χ1) is 7.93. The van der Waals surface area contributed by atoms with Crippen molar-refractivity contribution in [1.82, 2.24) is 0 Å². The van der Waals surface area contributed by atoms with Crippen LogP contribution in [0.4, 0.5) is 5.69 Å². The molecule has 0 spiro atoms. The number of ether oxygens (including phenoxy) is 1. The van der Waals surface area contributed by atoms with Crippen molar-refractivity contribution in [3.8, 4) is 0 Å². The van der Waals surface area contributed by atoms with Gasteiger partial charge in [0.25, 0.3) is 5.69 Å². The first kappa shape index (κ1) is 13.4. The van der Waals surface area contributed by atoms with Crippen molar-refractivity contribution in [2.45, 2.75) is 19.6 Å². The van der Waals surface area contributed by atoms with Crippen LogP contribution in [-0.4, -0.2) is 22.1 Å². The lowest BCUT2D eigenvalue weighted by Crippen LogP contribution is -2.19. The smallest absolute Gasteiger partial charge is 0.332 e. The number of carboxylic acid groups (broad SMARTS) is 1. The van der Waals surface area contributed by atoms with Crippen LogP contribution < -0.4 is 0 Å². The number of hydrogen-bond acceptors (Lipinski definition) is 4. The zero-order chi connectivity index (χ0) is 13.0. The van der Waals surface area contributed by atoms with E-state index < -0.39 is 17.0 Å². The molecule has 1 atom stereocenters. The van der Waals surface area contributed by atoms with Gasteiger partial charge in [0.05, 0.1) is 22.1 Å². The predicted molar refractivity (Wildman–Crippen MR) is 60.0 cm³/mol. The quantitative estimate of drug-likeness (QED) is 0.647. The second-order valence-electron chi connectivity index (χ2n) is 3.29. The molecule has 17 heavy (non-hydrogen) atoms. The van der Waals surface area contributed by atoms with Gasteiger partial charge in [0.15, 0.2) is 6.10 Å². The third-order valence-corrected chi connectivity index (χ3v) is 2.47. The number of nitro groups is 1. The fourth-order valence-corrected chi connectivity index (χ4v) is 1.36. The molecule has 0 aromatic heterocycles. The highest BCUT2D eigenvalue weighted by atomic mass is 35.5. The minimum Gasteiger partial charge on any atom is -0.479 e. The molecular weight excluding hydrogens is 250 g/mol. The van der Waals surface area contributed by atoms with Crippen molar-refractivity contribution in [3.63, 3.8) is 0 Å². The first-order valence-electron chi connectivity index (χ1n) is 4.69. The Morgan fingerprint density at radius 1 is 1.65 bits per heavy atom. The largest absolute Gasteiger partial charge is 0.479 e. The van der Waals surface area contributed by atoms with E-state index in [9.17, 15) is 14.9 Å². The number of rotatable bonds is 5. The third kappa shape index (κ3) is 3.40. The van der Waals surface area contributed by atoms with Crippen LogP contribution in [0.15, 0.2) is 18.2 Å². The molecular formula is C10H10ClNO5. The maximum atomic E-state index is 10.7. The molecule has 0 radical (unpaired) electrons. The Kier molecular flexibility index (Phi) is 4.42. The number of carboxylic acids is 1. The number of carbonyl (C=O) groups is 1. The van der Waals surface area contributed by atoms with Crippen LogP contribution in [0.1, 0.15) is 12.5 Å². The maximum absolute atomic E-state index is 10.7. The second-order valence-corrected chi connectivity index (χ2v) is 3.69. The average Bonchev–Trinajstić information content (AvgIpc) is 2.26. The lowest BCUT2D eigenvalue weighted by Gasteiger charge is -2.09. The van der Waals surface area contributed by atoms with E-state index in [1.807, 2.05) is 0 Å². The van der Waals surface area contributed by atoms with Gasteiger partial charge in [0.2, 0.25) is 0 Å². The summed E-state index contributed by atoms with van der Waals surface area (Å²) in [5, 5.41) is 19.5. The second kappa shape index (κ2) is 5.60. The number of aliphatic carboxylic acids is 1. The molecule has 0 amide bonds. The summed E-state index contributed by atoms with van der Waals surface area (Å²) in [6.07, 6.45) is -1.05. The van der Waals surface area contributed by atoms with E-state index in [-0.39, 0.29) is 22.9 Å². The standard InChI is InChI=1S/C10H10ClNO5/c1-6(10(13)14)17-5-7-8(11)3-2-4-9(7)12(15)16/h2-4,6H,5H2,1H3,(H,13,14). The normalized spacial score (nSPS) is 12.1. The molecule has 0 aliphatic heterocycles. The van der Waals surface area contributed by atoms with Crippen molar-refractivity contribution in [2.24, 2.45) is 0 Å². The van der Waals surface area contributed by atoms with Crippen molar-refractivity contribution < 1.29 is 19.6 Å². The molecule has 0 heterocycles. The average molecular weight is 260 g/mol. The van der Waals surface area contributed by atoms with Crippen LogP contribution in [0.5, 0.6) is 0 Å². The van der Waals surface area contributed by atoms with E-state index in [0.29, 0.717) is 0 Å². The number of nitro benzene ring substituents is 1. The molecule has 1 aromatic carbocycles. The zero-order valence-electron chi connectivity index (χ0n) is 8.92. The highest BCUT2D eigenvalue weighted by Gasteiger charge is 2.19. The van der Waals surface area contributed by atoms with Crippen LogP contribution in [0.3, 0.4) is 0 Å². The summed E-state index contributed by atoms with van der Waals surface area (Å²) in [4.78, 5) is 20.7. The van der Waals surface area contributed by atoms with Crippen LogP contribution in [-0.2, 0) is 16.1 Å². The van der Waals surface area contributed by atoms with Crippen molar-refractivity contribution in [3.05, 3.63) is 38.9 Å². The lowest BCUT2D eigenvalue weighted by atomic mass is 10.2. The Labute approximate surface area is 102 Å². The van der Waals surface area contributed by atoms with Gasteiger partial charge in [-0.1, -0.05) is 17.7 Å². The molecule has 1 unspecified atom stereocenters. The van der Waals surface area contributed by atoms with E-state index in [0.717, 1.165) is 0 Å². The first-order valence-corrected chi connectivity index (χ1v) is 5.07. The minimum absolute atomic E-state index is 0.173. The molecule has 1 rings (SSSR count). The van der Waals surface area contributed by atoms with E-state index in [1.165, 1.54) is 25.1 Å². The van der Waals surface area contributed by atoms with Gasteiger partial charge >= 0.3 is 5.97 Å². The van der Waals surface area contributed by atoms with E-state index in [4.69, 9.17) is 21.4 Å². The molecule has 0 fully saturated rings. The lowest BCUT2D eigenvalue weighted by molar-refractivity contribution is -0.386. The number of hydrogen-bond donors (Lipinski definition) is 1. The van der Waals surface area contributed by atoms with Crippen molar-refractivity contribution in [1.29, 1.82) is 0 Å². The van der Waals surface area contributed by atoms with Gasteiger partial charge in [-0.25, -0.2) is 4.79 Å². The van der Waals surface area contributed by atoms with Gasteiger partial charge < -0.3 is 9.84 Å². The van der Waals surface area contributed by atoms with Crippen LogP contribution >= 0.6 is 11.6 Å². The minimum atomic E-state index is -1.14. The molecule has 6 nitrogen and oxygen atoms in total. The number of benzene rings is 1. The summed E-state index contributed by atoms with van der Waals surface area (Å²) in [6.45, 7) is 1.12. The summed E-state index contributed by atoms with van der Waals surface area (Å²) in [7, 11) is 0. The summed E-state index contributed by atoms with van der Waals surface area (Å²) in [6, 6.07) is 4.22. The van der Waals surface area contributed by atoms with Crippen molar-refractivity contribution >= 4 is 23.3 Å². The van der Waals surface area contributed by atoms with Gasteiger partial charge in [0.1, 0.15) is 0 Å². The Bertz CT molecular complexity index is 448. The molecule has 0 bridgehead atoms. The van der Waals surface area contributed by atoms with E-state index in [2.05, 4.69) is 0 Å². The molecule has 0 aliphatic carbocycles. The Morgan fingerprint density at radius 2 is 2.29 bits per heavy atom. The fourth-order valence-electron chi connectivity index (χ4n) is 1.14. The van der Waals surface area contributed by atoms with E-state index >= 15 is 0 Å². The molecule has 0 saturated carbocycles. The van der Waals surface area contributed by atoms with Crippen molar-refractivity contribution in [2.75, 3.05) is 0 Å². The molecule has 0 saturated heterocycles. The third-order valence-electron chi connectivity index (χ3n) is 2.12. The molecule has 92 valence electrons. The molecule has 1 N–H and O–H groups in total.